The molecule has 3 rings (SSSR count). The van der Waals surface area contributed by atoms with Crippen LogP contribution in [0.15, 0.2) is 71.8 Å². The van der Waals surface area contributed by atoms with Gasteiger partial charge in [-0.25, -0.2) is 5.43 Å². The highest BCUT2D eigenvalue weighted by Gasteiger charge is 2.13. The van der Waals surface area contributed by atoms with Gasteiger partial charge in [-0.1, -0.05) is 41.4 Å². The summed E-state index contributed by atoms with van der Waals surface area (Å²) in [6, 6.07) is 19.8. The maximum atomic E-state index is 12.0. The number of nitrogens with one attached hydrogen (secondary N) is 2. The van der Waals surface area contributed by atoms with Gasteiger partial charge in [-0.05, 0) is 67.4 Å². The highest BCUT2D eigenvalue weighted by atomic mass is 35.5. The lowest BCUT2D eigenvalue weighted by atomic mass is 10.2. The molecule has 3 aromatic carbocycles. The van der Waals surface area contributed by atoms with Crippen LogP contribution in [0.5, 0.6) is 11.5 Å². The summed E-state index contributed by atoms with van der Waals surface area (Å²) in [5.41, 5.74) is 5.55. The Labute approximate surface area is 197 Å². The van der Waals surface area contributed by atoms with Crippen molar-refractivity contribution in [2.45, 2.75) is 20.5 Å². The van der Waals surface area contributed by atoms with Crippen molar-refractivity contribution in [1.29, 1.82) is 0 Å². The van der Waals surface area contributed by atoms with Crippen molar-refractivity contribution in [3.05, 3.63) is 88.4 Å². The number of ether oxygens (including phenoxy) is 2. The van der Waals surface area contributed by atoms with E-state index in [1.807, 2.05) is 38.1 Å². The summed E-state index contributed by atoms with van der Waals surface area (Å²) in [5.74, 6) is -0.588. The number of carbonyl (C=O) groups excluding carboxylic acids is 2. The first-order valence-corrected chi connectivity index (χ1v) is 10.7. The third-order valence-corrected chi connectivity index (χ3v) is 4.72. The molecule has 8 heteroatoms. The molecule has 0 fully saturated rings. The number of amides is 2. The topological polar surface area (TPSA) is 89.0 Å². The Morgan fingerprint density at radius 3 is 2.36 bits per heavy atom. The predicted octanol–water partition coefficient (Wildman–Crippen LogP) is 4.71. The third kappa shape index (κ3) is 7.36. The highest BCUT2D eigenvalue weighted by molar-refractivity contribution is 6.39. The zero-order valence-corrected chi connectivity index (χ0v) is 19.1. The minimum Gasteiger partial charge on any atom is -0.490 e. The Kier molecular flexibility index (Phi) is 8.43. The lowest BCUT2D eigenvalue weighted by Gasteiger charge is -2.12. The van der Waals surface area contributed by atoms with Gasteiger partial charge in [-0.3, -0.25) is 9.59 Å². The average molecular weight is 466 g/mol. The zero-order chi connectivity index (χ0) is 23.6. The number of hydrazone groups is 1. The van der Waals surface area contributed by atoms with Gasteiger partial charge in [-0.2, -0.15) is 5.10 Å². The molecule has 7 nitrogen and oxygen atoms in total. The van der Waals surface area contributed by atoms with Crippen LogP contribution in [-0.2, 0) is 16.2 Å². The molecule has 170 valence electrons. The van der Waals surface area contributed by atoms with Crippen molar-refractivity contribution in [1.82, 2.24) is 5.43 Å². The van der Waals surface area contributed by atoms with E-state index in [1.165, 1.54) is 11.8 Å². The smallest absolute Gasteiger partial charge is 0.329 e. The Balaban J connectivity index is 1.58. The first kappa shape index (κ1) is 23.8. The molecule has 0 heterocycles. The van der Waals surface area contributed by atoms with Crippen LogP contribution >= 0.6 is 11.6 Å². The van der Waals surface area contributed by atoms with E-state index >= 15 is 0 Å². The van der Waals surface area contributed by atoms with Crippen molar-refractivity contribution < 1.29 is 19.1 Å². The van der Waals surface area contributed by atoms with E-state index in [1.54, 1.807) is 42.5 Å². The van der Waals surface area contributed by atoms with Crippen LogP contribution in [0.2, 0.25) is 5.02 Å². The van der Waals surface area contributed by atoms with E-state index in [2.05, 4.69) is 15.8 Å². The van der Waals surface area contributed by atoms with E-state index in [9.17, 15) is 9.59 Å². The van der Waals surface area contributed by atoms with Gasteiger partial charge in [0, 0.05) is 10.7 Å². The molecule has 0 aliphatic rings. The molecule has 0 bridgehead atoms. The van der Waals surface area contributed by atoms with E-state index in [0.29, 0.717) is 41.0 Å². The number of aryl methyl sites for hydroxylation is 1. The van der Waals surface area contributed by atoms with Gasteiger partial charge in [0.1, 0.15) is 6.61 Å². The maximum absolute atomic E-state index is 12.0. The van der Waals surface area contributed by atoms with Crippen molar-refractivity contribution >= 4 is 35.3 Å². The molecule has 33 heavy (non-hydrogen) atoms. The second-order valence-corrected chi connectivity index (χ2v) is 7.51. The van der Waals surface area contributed by atoms with Crippen molar-refractivity contribution in [2.24, 2.45) is 5.10 Å². The number of hydrogen-bond acceptors (Lipinski definition) is 5. The van der Waals surface area contributed by atoms with Crippen molar-refractivity contribution in [3.63, 3.8) is 0 Å². The van der Waals surface area contributed by atoms with Crippen LogP contribution in [0.1, 0.15) is 23.6 Å². The molecule has 0 aromatic heterocycles. The SMILES string of the molecule is CCOc1cc(/C=N/NC(=O)C(=O)Nc2ccc(Cl)cc2)ccc1OCc1ccc(C)cc1. The Bertz CT molecular complexity index is 1130. The molecular formula is C25H24ClN3O4. The second-order valence-electron chi connectivity index (χ2n) is 7.07. The molecular weight excluding hydrogens is 442 g/mol. The van der Waals surface area contributed by atoms with Gasteiger partial charge < -0.3 is 14.8 Å². The zero-order valence-electron chi connectivity index (χ0n) is 18.3. The minimum atomic E-state index is -0.899. The Hall–Kier alpha value is -3.84. The third-order valence-electron chi connectivity index (χ3n) is 4.47. The Morgan fingerprint density at radius 2 is 1.67 bits per heavy atom. The number of halogens is 1. The molecule has 2 amide bonds. The first-order chi connectivity index (χ1) is 15.9. The van der Waals surface area contributed by atoms with Crippen molar-refractivity contribution in [3.8, 4) is 11.5 Å². The summed E-state index contributed by atoms with van der Waals surface area (Å²) >= 11 is 5.80. The molecule has 2 N–H and O–H groups in total. The van der Waals surface area contributed by atoms with E-state index in [4.69, 9.17) is 21.1 Å². The fraction of sp³-hybridized carbons (Fsp3) is 0.160. The fourth-order valence-electron chi connectivity index (χ4n) is 2.78. The summed E-state index contributed by atoms with van der Waals surface area (Å²) in [5, 5.41) is 6.84. The van der Waals surface area contributed by atoms with E-state index in [-0.39, 0.29) is 0 Å². The largest absolute Gasteiger partial charge is 0.490 e. The van der Waals surface area contributed by atoms with Crippen LogP contribution in [-0.4, -0.2) is 24.6 Å². The van der Waals surface area contributed by atoms with E-state index in [0.717, 1.165) is 5.56 Å². The van der Waals surface area contributed by atoms with Gasteiger partial charge in [0.25, 0.3) is 0 Å². The first-order valence-electron chi connectivity index (χ1n) is 10.3. The summed E-state index contributed by atoms with van der Waals surface area (Å²) in [6.07, 6.45) is 1.42. The maximum Gasteiger partial charge on any atom is 0.329 e. The Morgan fingerprint density at radius 1 is 0.939 bits per heavy atom. The van der Waals surface area contributed by atoms with Gasteiger partial charge in [0.05, 0.1) is 12.8 Å². The quantitative estimate of drug-likeness (QED) is 0.286. The molecule has 0 spiro atoms. The number of nitrogens with zero attached hydrogens (tertiary/aromatic N) is 1. The lowest BCUT2D eigenvalue weighted by molar-refractivity contribution is -0.136. The van der Waals surface area contributed by atoms with Crippen LogP contribution in [0.25, 0.3) is 0 Å². The summed E-state index contributed by atoms with van der Waals surface area (Å²) < 4.78 is 11.6. The van der Waals surface area contributed by atoms with E-state index < -0.39 is 11.8 Å². The molecule has 3 aromatic rings. The van der Waals surface area contributed by atoms with Crippen LogP contribution < -0.4 is 20.2 Å². The molecule has 0 aliphatic carbocycles. The fourth-order valence-corrected chi connectivity index (χ4v) is 2.90. The number of carbonyl (C=O) groups is 2. The minimum absolute atomic E-state index is 0.409. The van der Waals surface area contributed by atoms with Gasteiger partial charge in [0.2, 0.25) is 0 Å². The normalized spacial score (nSPS) is 10.6. The molecule has 0 aliphatic heterocycles. The highest BCUT2D eigenvalue weighted by Crippen LogP contribution is 2.29. The molecule has 0 saturated carbocycles. The van der Waals surface area contributed by atoms with Crippen molar-refractivity contribution in [2.75, 3.05) is 11.9 Å². The number of rotatable bonds is 8. The number of anilines is 1. The lowest BCUT2D eigenvalue weighted by Crippen LogP contribution is -2.32. The second kappa shape index (κ2) is 11.7. The average Bonchev–Trinajstić information content (AvgIpc) is 2.81. The summed E-state index contributed by atoms with van der Waals surface area (Å²) in [4.78, 5) is 23.9. The van der Waals surface area contributed by atoms with Gasteiger partial charge >= 0.3 is 11.8 Å². The molecule has 0 atom stereocenters. The van der Waals surface area contributed by atoms with Crippen LogP contribution in [0, 0.1) is 6.92 Å². The monoisotopic (exact) mass is 465 g/mol. The standard InChI is InChI=1S/C25H24ClN3O4/c1-3-32-23-14-19(8-13-22(23)33-16-18-6-4-17(2)5-7-18)15-27-29-25(31)24(30)28-21-11-9-20(26)10-12-21/h4-15H,3,16H2,1-2H3,(H,28,30)(H,29,31)/b27-15+. The number of hydrogen-bond donors (Lipinski definition) is 2. The van der Waals surface area contributed by atoms with Crippen LogP contribution in [0.4, 0.5) is 5.69 Å². The molecule has 0 unspecified atom stereocenters. The summed E-state index contributed by atoms with van der Waals surface area (Å²) in [6.45, 7) is 4.78. The van der Waals surface area contributed by atoms with Gasteiger partial charge in [0.15, 0.2) is 11.5 Å². The van der Waals surface area contributed by atoms with Crippen LogP contribution in [0.3, 0.4) is 0 Å². The molecule has 0 saturated heterocycles. The summed E-state index contributed by atoms with van der Waals surface area (Å²) in [7, 11) is 0. The predicted molar refractivity (Wildman–Crippen MR) is 129 cm³/mol. The van der Waals surface area contributed by atoms with Gasteiger partial charge in [-0.15, -0.1) is 0 Å². The number of benzene rings is 3. The molecule has 0 radical (unpaired) electrons.